The van der Waals surface area contributed by atoms with E-state index in [4.69, 9.17) is 5.84 Å². The summed E-state index contributed by atoms with van der Waals surface area (Å²) in [5.74, 6) is 6.25. The fraction of sp³-hybridized carbons (Fsp3) is 0.818. The maximum Gasteiger partial charge on any atom is 0.255 e. The van der Waals surface area contributed by atoms with E-state index in [1.807, 2.05) is 20.1 Å². The fourth-order valence-corrected chi connectivity index (χ4v) is 2.31. The zero-order valence-corrected chi connectivity index (χ0v) is 12.2. The minimum Gasteiger partial charge on any atom is -0.291 e. The Labute approximate surface area is 107 Å². The molecule has 1 aliphatic heterocycles. The second-order valence-electron chi connectivity index (χ2n) is 5.24. The van der Waals surface area contributed by atoms with Gasteiger partial charge in [0.25, 0.3) is 5.91 Å². The van der Waals surface area contributed by atoms with Crippen molar-refractivity contribution in [1.82, 2.24) is 10.0 Å². The summed E-state index contributed by atoms with van der Waals surface area (Å²) in [5, 5.41) is 6.20. The Morgan fingerprint density at radius 2 is 2.00 bits per heavy atom. The number of carbonyl (C=O) groups is 1. The summed E-state index contributed by atoms with van der Waals surface area (Å²) in [4.78, 5) is 14.0. The average molecular weight is 258 g/mol. The molecule has 2 N–H and O–H groups in total. The summed E-state index contributed by atoms with van der Waals surface area (Å²) in [7, 11) is 1.74. The van der Waals surface area contributed by atoms with Crippen molar-refractivity contribution in [3.05, 3.63) is 0 Å². The first kappa shape index (κ1) is 14.3. The fourth-order valence-electron chi connectivity index (χ4n) is 1.77. The number of nitrogens with zero attached hydrogens (tertiary/aromatic N) is 3. The van der Waals surface area contributed by atoms with Crippen LogP contribution >= 0.6 is 11.8 Å². The van der Waals surface area contributed by atoms with Gasteiger partial charge in [0.15, 0.2) is 5.17 Å². The van der Waals surface area contributed by atoms with Gasteiger partial charge in [-0.25, -0.2) is 11.0 Å². The molecule has 0 saturated carbocycles. The van der Waals surface area contributed by atoms with Crippen LogP contribution in [-0.2, 0) is 4.79 Å². The summed E-state index contributed by atoms with van der Waals surface area (Å²) in [6.07, 6.45) is 1.88. The summed E-state index contributed by atoms with van der Waals surface area (Å²) in [6.45, 7) is 8.28. The Bertz CT molecular complexity index is 340. The smallest absolute Gasteiger partial charge is 0.255 e. The molecular formula is C11H22N4OS. The van der Waals surface area contributed by atoms with Crippen LogP contribution in [0.5, 0.6) is 0 Å². The number of hydrogen-bond donors (Lipinski definition) is 1. The highest BCUT2D eigenvalue weighted by Crippen LogP contribution is 2.35. The number of nitrogens with two attached hydrogens (primary N) is 1. The molecule has 0 spiro atoms. The quantitative estimate of drug-likeness (QED) is 0.759. The third-order valence-corrected chi connectivity index (χ3v) is 4.41. The number of hydrogen-bond acceptors (Lipinski definition) is 5. The van der Waals surface area contributed by atoms with Crippen LogP contribution < -0.4 is 5.84 Å². The Kier molecular flexibility index (Phi) is 4.09. The molecule has 1 amide bonds. The van der Waals surface area contributed by atoms with E-state index in [0.717, 1.165) is 0 Å². The van der Waals surface area contributed by atoms with Crippen LogP contribution in [-0.4, -0.2) is 40.4 Å². The van der Waals surface area contributed by atoms with E-state index in [1.165, 1.54) is 16.9 Å². The summed E-state index contributed by atoms with van der Waals surface area (Å²) in [6, 6.07) is -0.414. The van der Waals surface area contributed by atoms with Crippen LogP contribution in [0.4, 0.5) is 0 Å². The van der Waals surface area contributed by atoms with Crippen LogP contribution in [0.2, 0.25) is 0 Å². The van der Waals surface area contributed by atoms with Gasteiger partial charge in [-0.1, -0.05) is 39.5 Å². The molecule has 0 saturated heterocycles. The van der Waals surface area contributed by atoms with E-state index >= 15 is 0 Å². The highest BCUT2D eigenvalue weighted by Gasteiger charge is 2.45. The number of carbonyl (C=O) groups excluding carboxylic acids is 1. The van der Waals surface area contributed by atoms with E-state index in [-0.39, 0.29) is 11.3 Å². The normalized spacial score (nSPS) is 22.2. The SMILES string of the molecule is CSC1=NN(N)C(C(C)(C)C(C)C)C(=O)N1C. The molecule has 0 radical (unpaired) electrons. The second-order valence-corrected chi connectivity index (χ2v) is 6.02. The molecule has 0 aliphatic carbocycles. The highest BCUT2D eigenvalue weighted by molar-refractivity contribution is 8.13. The monoisotopic (exact) mass is 258 g/mol. The van der Waals surface area contributed by atoms with E-state index in [1.54, 1.807) is 11.9 Å². The number of amides is 1. The molecule has 17 heavy (non-hydrogen) atoms. The first-order valence-corrected chi connectivity index (χ1v) is 6.90. The van der Waals surface area contributed by atoms with Crippen molar-refractivity contribution in [3.8, 4) is 0 Å². The Hall–Kier alpha value is -0.750. The molecule has 0 fully saturated rings. The molecule has 0 bridgehead atoms. The van der Waals surface area contributed by atoms with Crippen molar-refractivity contribution in [3.63, 3.8) is 0 Å². The summed E-state index contributed by atoms with van der Waals surface area (Å²) >= 11 is 1.42. The van der Waals surface area contributed by atoms with E-state index in [9.17, 15) is 4.79 Å². The predicted molar refractivity (Wildman–Crippen MR) is 72.2 cm³/mol. The summed E-state index contributed by atoms with van der Waals surface area (Å²) < 4.78 is 0. The van der Waals surface area contributed by atoms with Crippen molar-refractivity contribution in [2.75, 3.05) is 13.3 Å². The number of amidine groups is 1. The maximum atomic E-state index is 12.4. The molecule has 1 unspecified atom stereocenters. The van der Waals surface area contributed by atoms with Gasteiger partial charge in [-0.2, -0.15) is 0 Å². The van der Waals surface area contributed by atoms with Crippen LogP contribution in [0, 0.1) is 11.3 Å². The van der Waals surface area contributed by atoms with Crippen LogP contribution in [0.1, 0.15) is 27.7 Å². The lowest BCUT2D eigenvalue weighted by Gasteiger charge is -2.44. The molecule has 98 valence electrons. The van der Waals surface area contributed by atoms with Crippen LogP contribution in [0.15, 0.2) is 5.10 Å². The van der Waals surface area contributed by atoms with Gasteiger partial charge in [-0.3, -0.25) is 9.69 Å². The van der Waals surface area contributed by atoms with Gasteiger partial charge in [-0.15, -0.1) is 5.10 Å². The number of likely N-dealkylation sites (N-methyl/N-ethyl adjacent to an activating group) is 1. The molecule has 6 heteroatoms. The van der Waals surface area contributed by atoms with Gasteiger partial charge < -0.3 is 0 Å². The lowest BCUT2D eigenvalue weighted by molar-refractivity contribution is -0.140. The zero-order valence-electron chi connectivity index (χ0n) is 11.4. The molecular weight excluding hydrogens is 236 g/mol. The van der Waals surface area contributed by atoms with Crippen molar-refractivity contribution < 1.29 is 4.79 Å². The van der Waals surface area contributed by atoms with Crippen LogP contribution in [0.3, 0.4) is 0 Å². The Morgan fingerprint density at radius 3 is 2.41 bits per heavy atom. The van der Waals surface area contributed by atoms with Gasteiger partial charge in [-0.05, 0) is 17.6 Å². The number of hydrazine groups is 1. The zero-order chi connectivity index (χ0) is 13.4. The van der Waals surface area contributed by atoms with Crippen molar-refractivity contribution in [1.29, 1.82) is 0 Å². The molecule has 0 aromatic rings. The van der Waals surface area contributed by atoms with Gasteiger partial charge in [0.05, 0.1) is 0 Å². The minimum atomic E-state index is -0.414. The average Bonchev–Trinajstić information content (AvgIpc) is 2.22. The lowest BCUT2D eigenvalue weighted by Crippen LogP contribution is -2.61. The molecule has 0 aromatic carbocycles. The minimum absolute atomic E-state index is 0.00514. The number of thioether (sulfide) groups is 1. The number of rotatable bonds is 2. The van der Waals surface area contributed by atoms with Crippen molar-refractivity contribution in [2.45, 2.75) is 33.7 Å². The van der Waals surface area contributed by atoms with Gasteiger partial charge in [0, 0.05) is 7.05 Å². The third kappa shape index (κ3) is 2.42. The first-order chi connectivity index (χ1) is 7.73. The predicted octanol–water partition coefficient (Wildman–Crippen LogP) is 1.32. The maximum absolute atomic E-state index is 12.4. The highest BCUT2D eigenvalue weighted by atomic mass is 32.2. The van der Waals surface area contributed by atoms with E-state index < -0.39 is 6.04 Å². The lowest BCUT2D eigenvalue weighted by atomic mass is 9.74. The first-order valence-electron chi connectivity index (χ1n) is 5.67. The molecule has 1 atom stereocenters. The standard InChI is InChI=1S/C11H22N4OS/c1-7(2)11(3,4)8-9(16)14(5)10(17-6)13-15(8)12/h7-8H,12H2,1-6H3. The van der Waals surface area contributed by atoms with Gasteiger partial charge in [0.1, 0.15) is 6.04 Å². The van der Waals surface area contributed by atoms with Crippen LogP contribution in [0.25, 0.3) is 0 Å². The van der Waals surface area contributed by atoms with Crippen molar-refractivity contribution in [2.24, 2.45) is 22.3 Å². The molecule has 0 aromatic heterocycles. The molecule has 1 aliphatic rings. The molecule has 1 heterocycles. The second kappa shape index (κ2) is 4.86. The van der Waals surface area contributed by atoms with E-state index in [0.29, 0.717) is 11.1 Å². The topological polar surface area (TPSA) is 61.9 Å². The number of hydrazone groups is 1. The Balaban J connectivity index is 3.12. The molecule has 5 nitrogen and oxygen atoms in total. The largest absolute Gasteiger partial charge is 0.291 e. The third-order valence-electron chi connectivity index (χ3n) is 3.69. The van der Waals surface area contributed by atoms with E-state index in [2.05, 4.69) is 18.9 Å². The van der Waals surface area contributed by atoms with Gasteiger partial charge >= 0.3 is 0 Å². The van der Waals surface area contributed by atoms with Gasteiger partial charge in [0.2, 0.25) is 0 Å². The molecule has 1 rings (SSSR count). The van der Waals surface area contributed by atoms with Crippen molar-refractivity contribution >= 4 is 22.8 Å². The summed E-state index contributed by atoms with van der Waals surface area (Å²) in [5.41, 5.74) is -0.229. The Morgan fingerprint density at radius 1 is 1.47 bits per heavy atom.